The Morgan fingerprint density at radius 3 is 2.86 bits per heavy atom. The number of rotatable bonds is 2. The van der Waals surface area contributed by atoms with Gasteiger partial charge in [0.2, 0.25) is 0 Å². The lowest BCUT2D eigenvalue weighted by Gasteiger charge is -2.37. The molecule has 0 aromatic heterocycles. The van der Waals surface area contributed by atoms with Crippen LogP contribution in [0.3, 0.4) is 0 Å². The van der Waals surface area contributed by atoms with Gasteiger partial charge < -0.3 is 14.7 Å². The predicted octanol–water partition coefficient (Wildman–Crippen LogP) is 1.95. The van der Waals surface area contributed by atoms with Crippen molar-refractivity contribution in [1.82, 2.24) is 4.90 Å². The molecule has 0 aliphatic carbocycles. The number of aliphatic carboxylic acids is 1. The maximum atomic E-state index is 12.8. The predicted molar refractivity (Wildman–Crippen MR) is 76.5 cm³/mol. The van der Waals surface area contributed by atoms with Gasteiger partial charge in [-0.15, -0.1) is 0 Å². The number of nitrogens with zero attached hydrogens (tertiary/aromatic N) is 1. The van der Waals surface area contributed by atoms with E-state index in [2.05, 4.69) is 0 Å². The average molecular weight is 289 g/mol. The molecular weight excluding hydrogens is 270 g/mol. The first-order valence-electron chi connectivity index (χ1n) is 7.31. The number of hydrogen-bond donors (Lipinski definition) is 1. The quantitative estimate of drug-likeness (QED) is 0.903. The van der Waals surface area contributed by atoms with E-state index < -0.39 is 11.9 Å². The molecule has 1 saturated heterocycles. The second kappa shape index (κ2) is 5.39. The largest absolute Gasteiger partial charge is 0.496 e. The van der Waals surface area contributed by atoms with E-state index in [9.17, 15) is 14.7 Å². The van der Waals surface area contributed by atoms with Crippen LogP contribution in [0, 0.1) is 5.92 Å². The van der Waals surface area contributed by atoms with Crippen molar-refractivity contribution in [2.24, 2.45) is 5.92 Å². The Morgan fingerprint density at radius 2 is 2.14 bits per heavy atom. The topological polar surface area (TPSA) is 66.8 Å². The highest BCUT2D eigenvalue weighted by Crippen LogP contribution is 2.34. The zero-order valence-corrected chi connectivity index (χ0v) is 12.0. The molecule has 1 fully saturated rings. The van der Waals surface area contributed by atoms with Gasteiger partial charge >= 0.3 is 5.97 Å². The molecule has 5 nitrogen and oxygen atoms in total. The van der Waals surface area contributed by atoms with Gasteiger partial charge in [-0.25, -0.2) is 0 Å². The SMILES string of the molecule is COc1cccc2c1CCC1CCC(C(=O)O)CN1C2=O. The van der Waals surface area contributed by atoms with Crippen molar-refractivity contribution in [2.45, 2.75) is 31.7 Å². The summed E-state index contributed by atoms with van der Waals surface area (Å²) in [4.78, 5) is 25.8. The molecule has 2 aliphatic rings. The second-order valence-corrected chi connectivity index (χ2v) is 5.75. The van der Waals surface area contributed by atoms with Gasteiger partial charge in [0.15, 0.2) is 0 Å². The third-order valence-electron chi connectivity index (χ3n) is 4.63. The van der Waals surface area contributed by atoms with E-state index in [4.69, 9.17) is 4.74 Å². The van der Waals surface area contributed by atoms with Gasteiger partial charge in [0.25, 0.3) is 5.91 Å². The molecule has 0 radical (unpaired) electrons. The van der Waals surface area contributed by atoms with Crippen molar-refractivity contribution >= 4 is 11.9 Å². The summed E-state index contributed by atoms with van der Waals surface area (Å²) < 4.78 is 5.36. The molecule has 1 amide bonds. The molecule has 1 aromatic carbocycles. The van der Waals surface area contributed by atoms with Crippen LogP contribution < -0.4 is 4.74 Å². The van der Waals surface area contributed by atoms with Crippen molar-refractivity contribution in [1.29, 1.82) is 0 Å². The van der Waals surface area contributed by atoms with E-state index in [0.29, 0.717) is 18.5 Å². The number of ether oxygens (including phenoxy) is 1. The van der Waals surface area contributed by atoms with Gasteiger partial charge in [0.05, 0.1) is 13.0 Å². The summed E-state index contributed by atoms with van der Waals surface area (Å²) in [7, 11) is 1.61. The van der Waals surface area contributed by atoms with Crippen molar-refractivity contribution in [2.75, 3.05) is 13.7 Å². The fourth-order valence-corrected chi connectivity index (χ4v) is 3.46. The van der Waals surface area contributed by atoms with Gasteiger partial charge in [-0.05, 0) is 37.8 Å². The number of piperidine rings is 1. The maximum Gasteiger partial charge on any atom is 0.308 e. The fourth-order valence-electron chi connectivity index (χ4n) is 3.46. The summed E-state index contributed by atoms with van der Waals surface area (Å²) in [6.45, 7) is 0.315. The molecule has 2 heterocycles. The van der Waals surface area contributed by atoms with Gasteiger partial charge in [-0.2, -0.15) is 0 Å². The number of carbonyl (C=O) groups is 2. The minimum absolute atomic E-state index is 0.0580. The summed E-state index contributed by atoms with van der Waals surface area (Å²) >= 11 is 0. The molecule has 2 unspecified atom stereocenters. The standard InChI is InChI=1S/C16H19NO4/c1-21-14-4-2-3-13-12(14)8-7-11-6-5-10(16(19)20)9-17(11)15(13)18/h2-4,10-11H,5-9H2,1H3,(H,19,20). The third kappa shape index (κ3) is 2.37. The molecule has 0 saturated carbocycles. The van der Waals surface area contributed by atoms with E-state index in [1.807, 2.05) is 18.2 Å². The summed E-state index contributed by atoms with van der Waals surface area (Å²) in [5.74, 6) is -0.568. The zero-order valence-electron chi connectivity index (χ0n) is 12.0. The zero-order chi connectivity index (χ0) is 15.0. The van der Waals surface area contributed by atoms with Gasteiger partial charge in [-0.3, -0.25) is 9.59 Å². The van der Waals surface area contributed by atoms with Gasteiger partial charge in [0, 0.05) is 23.7 Å². The molecule has 112 valence electrons. The van der Waals surface area contributed by atoms with E-state index in [0.717, 1.165) is 30.6 Å². The molecular formula is C16H19NO4. The summed E-state index contributed by atoms with van der Waals surface area (Å²) in [5, 5.41) is 9.20. The highest BCUT2D eigenvalue weighted by atomic mass is 16.5. The summed E-state index contributed by atoms with van der Waals surface area (Å²) in [6.07, 6.45) is 3.08. The molecule has 1 aromatic rings. The smallest absolute Gasteiger partial charge is 0.308 e. The van der Waals surface area contributed by atoms with Crippen LogP contribution in [-0.2, 0) is 11.2 Å². The van der Waals surface area contributed by atoms with Crippen LogP contribution in [0.15, 0.2) is 18.2 Å². The molecule has 0 bridgehead atoms. The Labute approximate surface area is 123 Å². The van der Waals surface area contributed by atoms with Crippen LogP contribution in [-0.4, -0.2) is 41.6 Å². The number of carbonyl (C=O) groups excluding carboxylic acids is 1. The number of carboxylic acid groups (broad SMARTS) is 1. The highest BCUT2D eigenvalue weighted by Gasteiger charge is 2.37. The van der Waals surface area contributed by atoms with Crippen LogP contribution in [0.4, 0.5) is 0 Å². The average Bonchev–Trinajstić information content (AvgIpc) is 2.64. The summed E-state index contributed by atoms with van der Waals surface area (Å²) in [6, 6.07) is 5.64. The molecule has 2 aliphatic heterocycles. The van der Waals surface area contributed by atoms with Crippen LogP contribution in [0.2, 0.25) is 0 Å². The van der Waals surface area contributed by atoms with Crippen molar-refractivity contribution in [3.8, 4) is 5.75 Å². The molecule has 2 atom stereocenters. The number of hydrogen-bond acceptors (Lipinski definition) is 3. The Kier molecular flexibility index (Phi) is 3.57. The van der Waals surface area contributed by atoms with Crippen molar-refractivity contribution in [3.05, 3.63) is 29.3 Å². The molecule has 1 N–H and O–H groups in total. The highest BCUT2D eigenvalue weighted by molar-refractivity contribution is 5.97. The van der Waals surface area contributed by atoms with Crippen LogP contribution in [0.25, 0.3) is 0 Å². The Morgan fingerprint density at radius 1 is 1.33 bits per heavy atom. The molecule has 5 heteroatoms. The normalized spacial score (nSPS) is 24.8. The maximum absolute atomic E-state index is 12.8. The lowest BCUT2D eigenvalue weighted by molar-refractivity contribution is -0.143. The number of amides is 1. The van der Waals surface area contributed by atoms with Crippen LogP contribution >= 0.6 is 0 Å². The monoisotopic (exact) mass is 289 g/mol. The van der Waals surface area contributed by atoms with Crippen LogP contribution in [0.5, 0.6) is 5.75 Å². The molecule has 3 rings (SSSR count). The second-order valence-electron chi connectivity index (χ2n) is 5.75. The first-order valence-corrected chi connectivity index (χ1v) is 7.31. The Hall–Kier alpha value is -2.04. The van der Waals surface area contributed by atoms with E-state index in [1.54, 1.807) is 12.0 Å². The van der Waals surface area contributed by atoms with Gasteiger partial charge in [-0.1, -0.05) is 6.07 Å². The van der Waals surface area contributed by atoms with Crippen molar-refractivity contribution in [3.63, 3.8) is 0 Å². The minimum atomic E-state index is -0.809. The molecule has 0 spiro atoms. The number of benzene rings is 1. The Bertz CT molecular complexity index is 584. The number of fused-ring (bicyclic) bond motifs is 2. The first-order chi connectivity index (χ1) is 10.1. The lowest BCUT2D eigenvalue weighted by atomic mass is 9.91. The van der Waals surface area contributed by atoms with Crippen LogP contribution in [0.1, 0.15) is 35.2 Å². The lowest BCUT2D eigenvalue weighted by Crippen LogP contribution is -2.47. The Balaban J connectivity index is 1.96. The van der Waals surface area contributed by atoms with E-state index >= 15 is 0 Å². The number of carboxylic acids is 1. The number of methoxy groups -OCH3 is 1. The summed E-state index contributed by atoms with van der Waals surface area (Å²) in [5.41, 5.74) is 1.61. The molecule has 21 heavy (non-hydrogen) atoms. The van der Waals surface area contributed by atoms with E-state index in [1.165, 1.54) is 0 Å². The van der Waals surface area contributed by atoms with Gasteiger partial charge in [0.1, 0.15) is 5.75 Å². The fraction of sp³-hybridized carbons (Fsp3) is 0.500. The van der Waals surface area contributed by atoms with E-state index in [-0.39, 0.29) is 11.9 Å². The minimum Gasteiger partial charge on any atom is -0.496 e. The van der Waals surface area contributed by atoms with Crippen molar-refractivity contribution < 1.29 is 19.4 Å². The third-order valence-corrected chi connectivity index (χ3v) is 4.63. The first kappa shape index (κ1) is 13.9.